The Balaban J connectivity index is 1.09. The molecule has 1 atom stereocenters. The van der Waals surface area contributed by atoms with Gasteiger partial charge in [-0.3, -0.25) is 14.6 Å². The summed E-state index contributed by atoms with van der Waals surface area (Å²) in [6.07, 6.45) is 1.39. The van der Waals surface area contributed by atoms with Crippen LogP contribution in [0.2, 0.25) is 0 Å². The van der Waals surface area contributed by atoms with Gasteiger partial charge >= 0.3 is 6.03 Å². The van der Waals surface area contributed by atoms with Gasteiger partial charge in [0, 0.05) is 32.7 Å². The lowest BCUT2D eigenvalue weighted by Gasteiger charge is -2.36. The van der Waals surface area contributed by atoms with Crippen LogP contribution in [0.1, 0.15) is 17.5 Å². The molecule has 2 aromatic carbocycles. The molecule has 0 spiro atoms. The van der Waals surface area contributed by atoms with Crippen LogP contribution < -0.4 is 14.8 Å². The van der Waals surface area contributed by atoms with Gasteiger partial charge in [-0.15, -0.1) is 0 Å². The van der Waals surface area contributed by atoms with Crippen LogP contribution >= 0.6 is 0 Å². The number of rotatable bonds is 7. The molecule has 3 amide bonds. The Bertz CT molecular complexity index is 975. The molecule has 1 N–H and O–H groups in total. The van der Waals surface area contributed by atoms with E-state index in [1.165, 1.54) is 16.0 Å². The molecule has 0 aromatic heterocycles. The molecule has 2 fully saturated rings. The second-order valence-electron chi connectivity index (χ2n) is 8.52. The van der Waals surface area contributed by atoms with Crippen LogP contribution in [0.5, 0.6) is 11.5 Å². The third-order valence-electron chi connectivity index (χ3n) is 6.32. The molecular formula is C24H28N4O4. The molecule has 0 radical (unpaired) electrons. The summed E-state index contributed by atoms with van der Waals surface area (Å²) in [6.45, 7) is 4.88. The van der Waals surface area contributed by atoms with Crippen molar-refractivity contribution in [2.24, 2.45) is 0 Å². The van der Waals surface area contributed by atoms with Crippen LogP contribution in [0.3, 0.4) is 0 Å². The van der Waals surface area contributed by atoms with E-state index in [2.05, 4.69) is 21.2 Å². The third kappa shape index (κ3) is 4.56. The first-order chi connectivity index (χ1) is 15.7. The number of fused-ring (bicyclic) bond motifs is 1. The average Bonchev–Trinajstić information content (AvgIpc) is 3.39. The standard InChI is InChI=1S/C24H28N4O4/c29-23-20(8-6-18-4-2-1-3-5-18)25-24(30)28(23)16-27-12-10-26(11-13-27)15-19-7-9-21-22(14-19)32-17-31-21/h1-5,7,9,14,20H,6,8,10-13,15-17H2,(H,25,30)/t20-/m1/s1. The van der Waals surface area contributed by atoms with E-state index in [-0.39, 0.29) is 18.7 Å². The Hall–Kier alpha value is -3.10. The largest absolute Gasteiger partial charge is 0.454 e. The van der Waals surface area contributed by atoms with Crippen molar-refractivity contribution in [3.63, 3.8) is 0 Å². The lowest BCUT2D eigenvalue weighted by Crippen LogP contribution is -2.51. The maximum atomic E-state index is 12.8. The summed E-state index contributed by atoms with van der Waals surface area (Å²) in [4.78, 5) is 31.1. The topological polar surface area (TPSA) is 74.4 Å². The van der Waals surface area contributed by atoms with Gasteiger partial charge in [0.15, 0.2) is 11.5 Å². The maximum absolute atomic E-state index is 12.8. The van der Waals surface area contributed by atoms with Gasteiger partial charge in [0.05, 0.1) is 6.67 Å². The van der Waals surface area contributed by atoms with Crippen molar-refractivity contribution in [2.45, 2.75) is 25.4 Å². The van der Waals surface area contributed by atoms with Crippen LogP contribution in [0.25, 0.3) is 0 Å². The minimum atomic E-state index is -0.435. The highest BCUT2D eigenvalue weighted by Crippen LogP contribution is 2.32. The van der Waals surface area contributed by atoms with Gasteiger partial charge in [-0.1, -0.05) is 36.4 Å². The Kier molecular flexibility index (Phi) is 5.96. The molecule has 0 unspecified atom stereocenters. The highest BCUT2D eigenvalue weighted by molar-refractivity contribution is 6.04. The number of piperazine rings is 1. The molecule has 0 aliphatic carbocycles. The Morgan fingerprint density at radius 2 is 1.62 bits per heavy atom. The van der Waals surface area contributed by atoms with E-state index in [0.717, 1.165) is 50.6 Å². The molecular weight excluding hydrogens is 408 g/mol. The number of ether oxygens (including phenoxy) is 2. The zero-order valence-corrected chi connectivity index (χ0v) is 18.0. The predicted molar refractivity (Wildman–Crippen MR) is 118 cm³/mol. The first-order valence-corrected chi connectivity index (χ1v) is 11.1. The number of urea groups is 1. The quantitative estimate of drug-likeness (QED) is 0.670. The highest BCUT2D eigenvalue weighted by Gasteiger charge is 2.38. The summed E-state index contributed by atoms with van der Waals surface area (Å²) in [7, 11) is 0. The molecule has 0 bridgehead atoms. The number of carbonyl (C=O) groups is 2. The predicted octanol–water partition coefficient (Wildman–Crippen LogP) is 2.04. The smallest absolute Gasteiger partial charge is 0.325 e. The normalized spacial score (nSPS) is 21.2. The van der Waals surface area contributed by atoms with E-state index in [4.69, 9.17) is 9.47 Å². The van der Waals surface area contributed by atoms with Crippen molar-refractivity contribution in [1.29, 1.82) is 0 Å². The molecule has 8 nitrogen and oxygen atoms in total. The van der Waals surface area contributed by atoms with Crippen LogP contribution in [0.4, 0.5) is 4.79 Å². The van der Waals surface area contributed by atoms with E-state index < -0.39 is 6.04 Å². The minimum absolute atomic E-state index is 0.117. The second-order valence-corrected chi connectivity index (χ2v) is 8.52. The summed E-state index contributed by atoms with van der Waals surface area (Å²) in [6, 6.07) is 15.4. The summed E-state index contributed by atoms with van der Waals surface area (Å²) >= 11 is 0. The minimum Gasteiger partial charge on any atom is -0.454 e. The summed E-state index contributed by atoms with van der Waals surface area (Å²) < 4.78 is 10.8. The number of hydrogen-bond donors (Lipinski definition) is 1. The van der Waals surface area contributed by atoms with Gasteiger partial charge in [0.1, 0.15) is 6.04 Å². The molecule has 5 rings (SSSR count). The fourth-order valence-corrected chi connectivity index (χ4v) is 4.45. The number of nitrogens with one attached hydrogen (secondary N) is 1. The highest BCUT2D eigenvalue weighted by atomic mass is 16.7. The number of amides is 3. The van der Waals surface area contributed by atoms with Gasteiger partial charge in [0.25, 0.3) is 5.91 Å². The molecule has 3 aliphatic heterocycles. The van der Waals surface area contributed by atoms with Gasteiger partial charge < -0.3 is 14.8 Å². The van der Waals surface area contributed by atoms with Crippen LogP contribution in [0, 0.1) is 0 Å². The van der Waals surface area contributed by atoms with Gasteiger partial charge in [-0.25, -0.2) is 9.69 Å². The second kappa shape index (κ2) is 9.18. The van der Waals surface area contributed by atoms with Crippen molar-refractivity contribution in [1.82, 2.24) is 20.0 Å². The van der Waals surface area contributed by atoms with Crippen molar-refractivity contribution in [2.75, 3.05) is 39.6 Å². The number of nitrogens with zero attached hydrogens (tertiary/aromatic N) is 3. The number of aryl methyl sites for hydroxylation is 1. The number of carbonyl (C=O) groups excluding carboxylic acids is 2. The lowest BCUT2D eigenvalue weighted by molar-refractivity contribution is -0.129. The summed E-state index contributed by atoms with van der Waals surface area (Å²) in [5.74, 6) is 1.49. The third-order valence-corrected chi connectivity index (χ3v) is 6.32. The van der Waals surface area contributed by atoms with Gasteiger partial charge in [-0.2, -0.15) is 0 Å². The average molecular weight is 437 g/mol. The molecule has 2 saturated heterocycles. The zero-order chi connectivity index (χ0) is 21.9. The van der Waals surface area contributed by atoms with Crippen molar-refractivity contribution in [3.8, 4) is 11.5 Å². The summed E-state index contributed by atoms with van der Waals surface area (Å²) in [5.41, 5.74) is 2.37. The van der Waals surface area contributed by atoms with Gasteiger partial charge in [-0.05, 0) is 36.1 Å². The van der Waals surface area contributed by atoms with Gasteiger partial charge in [0.2, 0.25) is 6.79 Å². The molecule has 3 heterocycles. The molecule has 32 heavy (non-hydrogen) atoms. The first kappa shape index (κ1) is 20.8. The molecule has 168 valence electrons. The van der Waals surface area contributed by atoms with E-state index >= 15 is 0 Å². The first-order valence-electron chi connectivity index (χ1n) is 11.1. The number of benzene rings is 2. The Morgan fingerprint density at radius 3 is 2.44 bits per heavy atom. The van der Waals surface area contributed by atoms with Crippen LogP contribution in [-0.2, 0) is 17.8 Å². The monoisotopic (exact) mass is 436 g/mol. The molecule has 8 heteroatoms. The van der Waals surface area contributed by atoms with E-state index in [0.29, 0.717) is 13.1 Å². The molecule has 2 aromatic rings. The van der Waals surface area contributed by atoms with Crippen LogP contribution in [-0.4, -0.2) is 72.3 Å². The van der Waals surface area contributed by atoms with Crippen molar-refractivity contribution >= 4 is 11.9 Å². The Labute approximate surface area is 187 Å². The fourth-order valence-electron chi connectivity index (χ4n) is 4.45. The lowest BCUT2D eigenvalue weighted by atomic mass is 10.1. The van der Waals surface area contributed by atoms with E-state index in [9.17, 15) is 9.59 Å². The SMILES string of the molecule is O=C1N[C@H](CCc2ccccc2)C(=O)N1CN1CCN(Cc2ccc3c(c2)OCO3)CC1. The van der Waals surface area contributed by atoms with Crippen LogP contribution in [0.15, 0.2) is 48.5 Å². The summed E-state index contributed by atoms with van der Waals surface area (Å²) in [5, 5.41) is 2.85. The number of imide groups is 1. The fraction of sp³-hybridized carbons (Fsp3) is 0.417. The molecule has 3 aliphatic rings. The number of hydrogen-bond acceptors (Lipinski definition) is 6. The zero-order valence-electron chi connectivity index (χ0n) is 18.0. The van der Waals surface area contributed by atoms with Crippen molar-refractivity contribution < 1.29 is 19.1 Å². The maximum Gasteiger partial charge on any atom is 0.325 e. The van der Waals surface area contributed by atoms with E-state index in [1.54, 1.807) is 0 Å². The molecule has 0 saturated carbocycles. The van der Waals surface area contributed by atoms with E-state index in [1.807, 2.05) is 42.5 Å². The van der Waals surface area contributed by atoms with Crippen molar-refractivity contribution in [3.05, 3.63) is 59.7 Å². The Morgan fingerprint density at radius 1 is 0.875 bits per heavy atom.